The number of halogens is 2. The van der Waals surface area contributed by atoms with Gasteiger partial charge in [0.1, 0.15) is 4.90 Å². The average Bonchev–Trinajstić information content (AvgIpc) is 2.69. The van der Waals surface area contributed by atoms with E-state index in [4.69, 9.17) is 0 Å². The Hall–Kier alpha value is -1.06. The summed E-state index contributed by atoms with van der Waals surface area (Å²) in [5, 5.41) is 9.47. The van der Waals surface area contributed by atoms with Crippen molar-refractivity contribution in [1.82, 2.24) is 20.2 Å². The molecule has 9 heteroatoms. The highest BCUT2D eigenvalue weighted by atomic mass is 32.2. The van der Waals surface area contributed by atoms with Crippen LogP contribution in [0.1, 0.15) is 24.7 Å². The van der Waals surface area contributed by atoms with E-state index >= 15 is 0 Å². The number of alkyl halides is 2. The second-order valence-electron chi connectivity index (χ2n) is 4.04. The minimum Gasteiger partial charge on any atom is -0.311 e. The first kappa shape index (κ1) is 16.0. The van der Waals surface area contributed by atoms with Gasteiger partial charge in [0.2, 0.25) is 10.0 Å². The maximum Gasteiger partial charge on any atom is 0.251 e. The molecule has 0 spiro atoms. The Kier molecular flexibility index (Phi) is 5.83. The van der Waals surface area contributed by atoms with Crippen molar-refractivity contribution in [1.29, 1.82) is 0 Å². The average molecular weight is 296 g/mol. The lowest BCUT2D eigenvalue weighted by Gasteiger charge is -2.08. The monoisotopic (exact) mass is 296 g/mol. The van der Waals surface area contributed by atoms with Crippen LogP contribution >= 0.6 is 0 Å². The van der Waals surface area contributed by atoms with Crippen molar-refractivity contribution >= 4 is 10.0 Å². The van der Waals surface area contributed by atoms with Crippen molar-refractivity contribution < 1.29 is 17.2 Å². The SMILES string of the molecule is CCCNCc1n[nH]c(C)c1S(=O)(=O)NCC(F)F. The lowest BCUT2D eigenvalue weighted by molar-refractivity contribution is 0.153. The fraction of sp³-hybridized carbons (Fsp3) is 0.700. The third-order valence-electron chi connectivity index (χ3n) is 2.38. The molecule has 0 bridgehead atoms. The van der Waals surface area contributed by atoms with Gasteiger partial charge in [-0.15, -0.1) is 0 Å². The first-order valence-electron chi connectivity index (χ1n) is 5.90. The predicted octanol–water partition coefficient (Wildman–Crippen LogP) is 0.761. The molecule has 1 aromatic rings. The summed E-state index contributed by atoms with van der Waals surface area (Å²) < 4.78 is 49.9. The second-order valence-corrected chi connectivity index (χ2v) is 5.75. The predicted molar refractivity (Wildman–Crippen MR) is 66.5 cm³/mol. The molecule has 1 aromatic heterocycles. The summed E-state index contributed by atoms with van der Waals surface area (Å²) in [6.45, 7) is 3.59. The molecular weight excluding hydrogens is 278 g/mol. The van der Waals surface area contributed by atoms with Crippen LogP contribution in [0.2, 0.25) is 0 Å². The highest BCUT2D eigenvalue weighted by molar-refractivity contribution is 7.89. The maximum absolute atomic E-state index is 12.1. The molecule has 0 saturated carbocycles. The van der Waals surface area contributed by atoms with Crippen LogP contribution in [0, 0.1) is 6.92 Å². The second kappa shape index (κ2) is 6.92. The zero-order valence-corrected chi connectivity index (χ0v) is 11.7. The van der Waals surface area contributed by atoms with Gasteiger partial charge < -0.3 is 5.32 Å². The van der Waals surface area contributed by atoms with Crippen molar-refractivity contribution in [2.45, 2.75) is 38.1 Å². The molecule has 0 amide bonds. The third kappa shape index (κ3) is 4.51. The van der Waals surface area contributed by atoms with Crippen LogP contribution in [0.25, 0.3) is 0 Å². The summed E-state index contributed by atoms with van der Waals surface area (Å²) in [6.07, 6.45) is -1.83. The summed E-state index contributed by atoms with van der Waals surface area (Å²) in [6, 6.07) is 0. The summed E-state index contributed by atoms with van der Waals surface area (Å²) in [5.74, 6) is 0. The number of nitrogens with one attached hydrogen (secondary N) is 3. The van der Waals surface area contributed by atoms with Gasteiger partial charge in [-0.1, -0.05) is 6.92 Å². The van der Waals surface area contributed by atoms with Crippen LogP contribution in [0.5, 0.6) is 0 Å². The van der Waals surface area contributed by atoms with E-state index in [9.17, 15) is 17.2 Å². The molecule has 3 N–H and O–H groups in total. The first-order chi connectivity index (χ1) is 8.88. The molecule has 1 heterocycles. The van der Waals surface area contributed by atoms with Crippen LogP contribution in [-0.2, 0) is 16.6 Å². The number of rotatable bonds is 8. The molecule has 6 nitrogen and oxygen atoms in total. The van der Waals surface area contributed by atoms with Gasteiger partial charge in [0, 0.05) is 6.54 Å². The molecule has 0 radical (unpaired) electrons. The maximum atomic E-state index is 12.1. The molecule has 0 atom stereocenters. The van der Waals surface area contributed by atoms with Crippen molar-refractivity contribution in [3.63, 3.8) is 0 Å². The molecule has 0 fully saturated rings. The smallest absolute Gasteiger partial charge is 0.251 e. The highest BCUT2D eigenvalue weighted by Crippen LogP contribution is 2.17. The number of aromatic nitrogens is 2. The van der Waals surface area contributed by atoms with Crippen LogP contribution in [0.15, 0.2) is 4.90 Å². The van der Waals surface area contributed by atoms with E-state index in [1.54, 1.807) is 0 Å². The van der Waals surface area contributed by atoms with Gasteiger partial charge in [-0.05, 0) is 19.9 Å². The largest absolute Gasteiger partial charge is 0.311 e. The van der Waals surface area contributed by atoms with Crippen LogP contribution in [-0.4, -0.2) is 38.1 Å². The van der Waals surface area contributed by atoms with Crippen molar-refractivity contribution in [3.8, 4) is 0 Å². The van der Waals surface area contributed by atoms with Crippen molar-refractivity contribution in [2.24, 2.45) is 0 Å². The lowest BCUT2D eigenvalue weighted by Crippen LogP contribution is -2.30. The van der Waals surface area contributed by atoms with E-state index < -0.39 is 23.0 Å². The number of aromatic amines is 1. The summed E-state index contributed by atoms with van der Waals surface area (Å²) in [4.78, 5) is -0.0586. The summed E-state index contributed by atoms with van der Waals surface area (Å²) in [5.41, 5.74) is 0.628. The van der Waals surface area contributed by atoms with E-state index in [2.05, 4.69) is 15.5 Å². The number of sulfonamides is 1. The van der Waals surface area contributed by atoms with Crippen molar-refractivity contribution in [2.75, 3.05) is 13.1 Å². The molecule has 0 aliphatic rings. The molecule has 110 valence electrons. The van der Waals surface area contributed by atoms with Gasteiger partial charge in [0.15, 0.2) is 0 Å². The van der Waals surface area contributed by atoms with Gasteiger partial charge in [0.05, 0.1) is 17.9 Å². The topological polar surface area (TPSA) is 86.9 Å². The molecule has 0 aliphatic carbocycles. The third-order valence-corrected chi connectivity index (χ3v) is 4.00. The van der Waals surface area contributed by atoms with Gasteiger partial charge in [-0.2, -0.15) is 5.10 Å². The van der Waals surface area contributed by atoms with Crippen molar-refractivity contribution in [3.05, 3.63) is 11.4 Å². The van der Waals surface area contributed by atoms with Crippen LogP contribution < -0.4 is 10.0 Å². The molecule has 19 heavy (non-hydrogen) atoms. The summed E-state index contributed by atoms with van der Waals surface area (Å²) in [7, 11) is -3.97. The fourth-order valence-electron chi connectivity index (χ4n) is 1.57. The number of nitrogens with zero attached hydrogens (tertiary/aromatic N) is 1. The number of hydrogen-bond acceptors (Lipinski definition) is 4. The Bertz CT molecular complexity index is 502. The minimum atomic E-state index is -3.97. The van der Waals surface area contributed by atoms with Gasteiger partial charge in [0.25, 0.3) is 6.43 Å². The Morgan fingerprint density at radius 1 is 1.42 bits per heavy atom. The molecule has 0 aliphatic heterocycles. The zero-order valence-electron chi connectivity index (χ0n) is 10.8. The molecular formula is C10H18F2N4O2S. The quantitative estimate of drug-likeness (QED) is 0.618. The minimum absolute atomic E-state index is 0.0586. The highest BCUT2D eigenvalue weighted by Gasteiger charge is 2.24. The number of hydrogen-bond donors (Lipinski definition) is 3. The van der Waals surface area contributed by atoms with Gasteiger partial charge >= 0.3 is 0 Å². The Balaban J connectivity index is 2.88. The van der Waals surface area contributed by atoms with E-state index in [0.29, 0.717) is 11.4 Å². The Morgan fingerprint density at radius 3 is 2.68 bits per heavy atom. The van der Waals surface area contributed by atoms with E-state index in [0.717, 1.165) is 13.0 Å². The molecule has 1 rings (SSSR count). The zero-order chi connectivity index (χ0) is 14.5. The summed E-state index contributed by atoms with van der Waals surface area (Å²) >= 11 is 0. The first-order valence-corrected chi connectivity index (χ1v) is 7.39. The lowest BCUT2D eigenvalue weighted by atomic mass is 10.3. The molecule has 0 unspecified atom stereocenters. The fourth-order valence-corrected chi connectivity index (χ4v) is 2.94. The molecule has 0 saturated heterocycles. The number of H-pyrrole nitrogens is 1. The molecule has 0 aromatic carbocycles. The Morgan fingerprint density at radius 2 is 2.11 bits per heavy atom. The standard InChI is InChI=1S/C10H18F2N4O2S/c1-3-4-13-5-8-10(7(2)15-16-8)19(17,18)14-6-9(11)12/h9,13-14H,3-6H2,1-2H3,(H,15,16). The van der Waals surface area contributed by atoms with E-state index in [-0.39, 0.29) is 11.4 Å². The van der Waals surface area contributed by atoms with Gasteiger partial charge in [-0.25, -0.2) is 21.9 Å². The van der Waals surface area contributed by atoms with Crippen LogP contribution in [0.4, 0.5) is 8.78 Å². The van der Waals surface area contributed by atoms with E-state index in [1.807, 2.05) is 11.6 Å². The van der Waals surface area contributed by atoms with Crippen LogP contribution in [0.3, 0.4) is 0 Å². The number of aryl methyl sites for hydroxylation is 1. The normalized spacial score (nSPS) is 12.3. The van der Waals surface area contributed by atoms with E-state index in [1.165, 1.54) is 6.92 Å². The Labute approximate surface area is 111 Å². The van der Waals surface area contributed by atoms with Gasteiger partial charge in [-0.3, -0.25) is 5.10 Å².